The fourth-order valence-electron chi connectivity index (χ4n) is 1.66. The average molecular weight is 343 g/mol. The van der Waals surface area contributed by atoms with Crippen LogP contribution in [0.15, 0.2) is 16.6 Å². The lowest BCUT2D eigenvalue weighted by Gasteiger charge is -2.14. The van der Waals surface area contributed by atoms with Gasteiger partial charge in [0.15, 0.2) is 11.5 Å². The fourth-order valence-corrected chi connectivity index (χ4v) is 2.13. The summed E-state index contributed by atoms with van der Waals surface area (Å²) in [6, 6.07) is 3.37. The van der Waals surface area contributed by atoms with Gasteiger partial charge < -0.3 is 15.4 Å². The molecule has 110 valence electrons. The number of Topliss-reactive ketones (excluding diaryl/α,β-unsaturated/α-hetero) is 1. The van der Waals surface area contributed by atoms with Gasteiger partial charge in [-0.15, -0.1) is 0 Å². The minimum Gasteiger partial charge on any atom is -0.491 e. The Balaban J connectivity index is 2.68. The SMILES string of the molecule is CC(=O)c1cc(Br)cc(N)c1OCCCC(=O)N(C)C. The third-order valence-corrected chi connectivity index (χ3v) is 3.20. The van der Waals surface area contributed by atoms with E-state index in [1.54, 1.807) is 26.2 Å². The van der Waals surface area contributed by atoms with E-state index in [4.69, 9.17) is 10.5 Å². The number of nitrogens with zero attached hydrogens (tertiary/aromatic N) is 1. The number of ether oxygens (including phenoxy) is 1. The molecule has 6 heteroatoms. The lowest BCUT2D eigenvalue weighted by Crippen LogP contribution is -2.21. The number of nitrogens with two attached hydrogens (primary N) is 1. The topological polar surface area (TPSA) is 72.6 Å². The standard InChI is InChI=1S/C14H19BrN2O3/c1-9(18)11-7-10(15)8-12(16)14(11)20-6-4-5-13(19)17(2)3/h7-8H,4-6,16H2,1-3H3. The zero-order chi connectivity index (χ0) is 15.3. The quantitative estimate of drug-likeness (QED) is 0.489. The van der Waals surface area contributed by atoms with Gasteiger partial charge in [-0.3, -0.25) is 9.59 Å². The van der Waals surface area contributed by atoms with Crippen molar-refractivity contribution in [1.82, 2.24) is 4.90 Å². The van der Waals surface area contributed by atoms with Crippen LogP contribution in [-0.2, 0) is 4.79 Å². The number of halogens is 1. The van der Waals surface area contributed by atoms with Gasteiger partial charge in [-0.25, -0.2) is 0 Å². The Labute approximate surface area is 127 Å². The van der Waals surface area contributed by atoms with Crippen LogP contribution in [0.5, 0.6) is 5.75 Å². The summed E-state index contributed by atoms with van der Waals surface area (Å²) in [4.78, 5) is 24.5. The summed E-state index contributed by atoms with van der Waals surface area (Å²) in [5.41, 5.74) is 6.71. The first-order valence-electron chi connectivity index (χ1n) is 6.25. The molecule has 20 heavy (non-hydrogen) atoms. The molecule has 0 aliphatic carbocycles. The van der Waals surface area contributed by atoms with Gasteiger partial charge in [0.05, 0.1) is 17.9 Å². The normalized spacial score (nSPS) is 10.2. The molecule has 0 radical (unpaired) electrons. The zero-order valence-corrected chi connectivity index (χ0v) is 13.5. The molecule has 2 N–H and O–H groups in total. The van der Waals surface area contributed by atoms with E-state index >= 15 is 0 Å². The summed E-state index contributed by atoms with van der Waals surface area (Å²) < 4.78 is 6.31. The largest absolute Gasteiger partial charge is 0.491 e. The van der Waals surface area contributed by atoms with Crippen LogP contribution in [0.4, 0.5) is 5.69 Å². The van der Waals surface area contributed by atoms with Gasteiger partial charge in [-0.2, -0.15) is 0 Å². The van der Waals surface area contributed by atoms with Crippen molar-refractivity contribution < 1.29 is 14.3 Å². The molecule has 5 nitrogen and oxygen atoms in total. The van der Waals surface area contributed by atoms with Crippen LogP contribution in [0.2, 0.25) is 0 Å². The van der Waals surface area contributed by atoms with Gasteiger partial charge in [-0.05, 0) is 25.5 Å². The van der Waals surface area contributed by atoms with E-state index in [-0.39, 0.29) is 11.7 Å². The average Bonchev–Trinajstić information content (AvgIpc) is 2.35. The summed E-state index contributed by atoms with van der Waals surface area (Å²) in [6.45, 7) is 1.80. The van der Waals surface area contributed by atoms with Gasteiger partial charge in [0, 0.05) is 25.0 Å². The number of nitrogen functional groups attached to an aromatic ring is 1. The van der Waals surface area contributed by atoms with Crippen molar-refractivity contribution in [3.63, 3.8) is 0 Å². The van der Waals surface area contributed by atoms with Crippen molar-refractivity contribution in [2.24, 2.45) is 0 Å². The highest BCUT2D eigenvalue weighted by molar-refractivity contribution is 9.10. The predicted octanol–water partition coefficient (Wildman–Crippen LogP) is 2.48. The number of carbonyl (C=O) groups is 2. The minimum atomic E-state index is -0.114. The van der Waals surface area contributed by atoms with E-state index in [1.807, 2.05) is 0 Å². The highest BCUT2D eigenvalue weighted by Crippen LogP contribution is 2.31. The molecule has 0 saturated heterocycles. The number of hydrogen-bond donors (Lipinski definition) is 1. The van der Waals surface area contributed by atoms with Crippen molar-refractivity contribution in [3.05, 3.63) is 22.2 Å². The molecule has 0 atom stereocenters. The van der Waals surface area contributed by atoms with E-state index in [2.05, 4.69) is 15.9 Å². The van der Waals surface area contributed by atoms with E-state index in [0.29, 0.717) is 36.4 Å². The number of amides is 1. The Morgan fingerprint density at radius 1 is 1.35 bits per heavy atom. The number of hydrogen-bond acceptors (Lipinski definition) is 4. The molecule has 0 aromatic heterocycles. The minimum absolute atomic E-state index is 0.0455. The summed E-state index contributed by atoms with van der Waals surface area (Å²) in [7, 11) is 3.42. The first kappa shape index (κ1) is 16.5. The molecule has 0 unspecified atom stereocenters. The van der Waals surface area contributed by atoms with Crippen LogP contribution in [0.25, 0.3) is 0 Å². The summed E-state index contributed by atoms with van der Waals surface area (Å²) >= 11 is 3.29. The third-order valence-electron chi connectivity index (χ3n) is 2.74. The fraction of sp³-hybridized carbons (Fsp3) is 0.429. The highest BCUT2D eigenvalue weighted by Gasteiger charge is 2.14. The van der Waals surface area contributed by atoms with Gasteiger partial charge >= 0.3 is 0 Å². The molecular formula is C14H19BrN2O3. The van der Waals surface area contributed by atoms with Gasteiger partial charge in [0.1, 0.15) is 0 Å². The van der Waals surface area contributed by atoms with Crippen molar-refractivity contribution in [2.75, 3.05) is 26.4 Å². The lowest BCUT2D eigenvalue weighted by atomic mass is 10.1. The van der Waals surface area contributed by atoms with E-state index < -0.39 is 0 Å². The van der Waals surface area contributed by atoms with Crippen LogP contribution < -0.4 is 10.5 Å². The summed E-state index contributed by atoms with van der Waals surface area (Å²) in [6.07, 6.45) is 0.975. The van der Waals surface area contributed by atoms with Crippen LogP contribution in [0, 0.1) is 0 Å². The second-order valence-electron chi connectivity index (χ2n) is 4.67. The number of ketones is 1. The van der Waals surface area contributed by atoms with Gasteiger partial charge in [-0.1, -0.05) is 15.9 Å². The second-order valence-corrected chi connectivity index (χ2v) is 5.58. The Morgan fingerprint density at radius 3 is 2.55 bits per heavy atom. The molecule has 0 fully saturated rings. The smallest absolute Gasteiger partial charge is 0.222 e. The number of rotatable bonds is 6. The molecule has 0 aliphatic rings. The molecule has 0 spiro atoms. The van der Waals surface area contributed by atoms with Crippen LogP contribution >= 0.6 is 15.9 Å². The Bertz CT molecular complexity index is 515. The monoisotopic (exact) mass is 342 g/mol. The van der Waals surface area contributed by atoms with Crippen molar-refractivity contribution in [1.29, 1.82) is 0 Å². The van der Waals surface area contributed by atoms with Crippen molar-refractivity contribution in [2.45, 2.75) is 19.8 Å². The molecule has 1 rings (SSSR count). The van der Waals surface area contributed by atoms with Crippen molar-refractivity contribution >= 4 is 33.3 Å². The second kappa shape index (κ2) is 7.28. The van der Waals surface area contributed by atoms with Crippen molar-refractivity contribution in [3.8, 4) is 5.75 Å². The highest BCUT2D eigenvalue weighted by atomic mass is 79.9. The maximum Gasteiger partial charge on any atom is 0.222 e. The Morgan fingerprint density at radius 2 is 2.00 bits per heavy atom. The lowest BCUT2D eigenvalue weighted by molar-refractivity contribution is -0.128. The van der Waals surface area contributed by atoms with E-state index in [9.17, 15) is 9.59 Å². The number of benzene rings is 1. The summed E-state index contributed by atoms with van der Waals surface area (Å²) in [5, 5.41) is 0. The Hall–Kier alpha value is -1.56. The molecule has 0 bridgehead atoms. The zero-order valence-electron chi connectivity index (χ0n) is 11.9. The molecule has 1 aromatic rings. The van der Waals surface area contributed by atoms with Crippen LogP contribution in [0.1, 0.15) is 30.1 Å². The first-order valence-corrected chi connectivity index (χ1v) is 7.05. The van der Waals surface area contributed by atoms with E-state index in [0.717, 1.165) is 4.47 Å². The molecule has 0 saturated carbocycles. The molecule has 0 heterocycles. The molecule has 0 aliphatic heterocycles. The number of carbonyl (C=O) groups excluding carboxylic acids is 2. The van der Waals surface area contributed by atoms with Gasteiger partial charge in [0.25, 0.3) is 0 Å². The summed E-state index contributed by atoms with van der Waals surface area (Å²) in [5.74, 6) is 0.319. The molecular weight excluding hydrogens is 324 g/mol. The molecule has 1 aromatic carbocycles. The Kier molecular flexibility index (Phi) is 6.01. The van der Waals surface area contributed by atoms with Crippen LogP contribution in [-0.4, -0.2) is 37.3 Å². The third kappa shape index (κ3) is 4.52. The predicted molar refractivity (Wildman–Crippen MR) is 82.0 cm³/mol. The first-order chi connectivity index (χ1) is 9.32. The maximum atomic E-state index is 11.6. The molecule has 1 amide bonds. The van der Waals surface area contributed by atoms with Gasteiger partial charge in [0.2, 0.25) is 5.91 Å². The van der Waals surface area contributed by atoms with Crippen LogP contribution in [0.3, 0.4) is 0 Å². The maximum absolute atomic E-state index is 11.6. The van der Waals surface area contributed by atoms with E-state index in [1.165, 1.54) is 11.8 Å². The number of anilines is 1.